The number of phenols is 1. The average molecular weight is 374 g/mol. The zero-order chi connectivity index (χ0) is 20.0. The Hall–Kier alpha value is -3.43. The lowest BCUT2D eigenvalue weighted by Gasteiger charge is -2.21. The van der Waals surface area contributed by atoms with Crippen LogP contribution in [0.4, 0.5) is 11.5 Å². The van der Waals surface area contributed by atoms with Crippen LogP contribution in [0.2, 0.25) is 0 Å². The van der Waals surface area contributed by atoms with Gasteiger partial charge in [-0.25, -0.2) is 5.43 Å². The quantitative estimate of drug-likeness (QED) is 0.412. The second-order valence-corrected chi connectivity index (χ2v) is 5.77. The number of aromatic hydroxyl groups is 1. The summed E-state index contributed by atoms with van der Waals surface area (Å²) in [6, 6.07) is 6.50. The zero-order valence-electron chi connectivity index (χ0n) is 15.4. The van der Waals surface area contributed by atoms with Crippen molar-refractivity contribution in [2.45, 2.75) is 27.3 Å². The van der Waals surface area contributed by atoms with Crippen molar-refractivity contribution < 1.29 is 14.8 Å². The van der Waals surface area contributed by atoms with Gasteiger partial charge in [0.1, 0.15) is 12.3 Å². The minimum Gasteiger partial charge on any atom is -0.507 e. The molecule has 10 heteroatoms. The maximum absolute atomic E-state index is 11.9. The summed E-state index contributed by atoms with van der Waals surface area (Å²) in [5, 5.41) is 28.4. The Balaban J connectivity index is 1.98. The molecule has 0 bridgehead atoms. The molecule has 0 aliphatic carbocycles. The van der Waals surface area contributed by atoms with Crippen molar-refractivity contribution in [3.05, 3.63) is 45.6 Å². The third kappa shape index (κ3) is 5.03. The van der Waals surface area contributed by atoms with Crippen LogP contribution in [0.25, 0.3) is 0 Å². The van der Waals surface area contributed by atoms with Crippen molar-refractivity contribution in [1.82, 2.24) is 15.2 Å². The van der Waals surface area contributed by atoms with Crippen LogP contribution in [0.1, 0.15) is 25.1 Å². The van der Waals surface area contributed by atoms with Gasteiger partial charge in [-0.2, -0.15) is 9.78 Å². The lowest BCUT2D eigenvalue weighted by molar-refractivity contribution is -0.389. The number of carbonyl (C=O) groups is 1. The van der Waals surface area contributed by atoms with E-state index in [-0.39, 0.29) is 18.1 Å². The molecule has 0 saturated carbocycles. The third-order valence-electron chi connectivity index (χ3n) is 3.98. The molecular weight excluding hydrogens is 352 g/mol. The van der Waals surface area contributed by atoms with E-state index >= 15 is 0 Å². The topological polar surface area (TPSA) is 126 Å². The molecule has 0 aliphatic heterocycles. The molecule has 0 atom stereocenters. The molecule has 1 amide bonds. The maximum atomic E-state index is 11.9. The fourth-order valence-electron chi connectivity index (χ4n) is 2.51. The van der Waals surface area contributed by atoms with Crippen LogP contribution in [0.3, 0.4) is 0 Å². The van der Waals surface area contributed by atoms with Crippen LogP contribution in [0, 0.1) is 17.0 Å². The number of hydrogen-bond acceptors (Lipinski definition) is 7. The van der Waals surface area contributed by atoms with E-state index in [1.54, 1.807) is 19.1 Å². The highest BCUT2D eigenvalue weighted by atomic mass is 16.6. The monoisotopic (exact) mass is 374 g/mol. The Labute approximate surface area is 156 Å². The molecule has 2 aromatic rings. The van der Waals surface area contributed by atoms with E-state index in [9.17, 15) is 20.0 Å². The van der Waals surface area contributed by atoms with Crippen LogP contribution in [0.5, 0.6) is 5.75 Å². The number of carbonyl (C=O) groups excluding carboxylic acids is 1. The van der Waals surface area contributed by atoms with Gasteiger partial charge in [0, 0.05) is 30.4 Å². The van der Waals surface area contributed by atoms with Gasteiger partial charge in [0.15, 0.2) is 0 Å². The summed E-state index contributed by atoms with van der Waals surface area (Å²) in [6.07, 6.45) is 1.33. The number of aryl methyl sites for hydroxylation is 1. The second kappa shape index (κ2) is 8.79. The molecule has 0 radical (unpaired) electrons. The molecule has 0 fully saturated rings. The van der Waals surface area contributed by atoms with E-state index in [2.05, 4.69) is 20.5 Å². The van der Waals surface area contributed by atoms with Crippen LogP contribution in [0.15, 0.2) is 29.4 Å². The number of anilines is 1. The van der Waals surface area contributed by atoms with Gasteiger partial charge >= 0.3 is 5.82 Å². The van der Waals surface area contributed by atoms with E-state index < -0.39 is 10.8 Å². The number of nitro groups is 1. The summed E-state index contributed by atoms with van der Waals surface area (Å²) < 4.78 is 1.22. The van der Waals surface area contributed by atoms with Crippen LogP contribution >= 0.6 is 0 Å². The summed E-state index contributed by atoms with van der Waals surface area (Å²) in [5.74, 6) is -0.760. The van der Waals surface area contributed by atoms with Gasteiger partial charge in [0.2, 0.25) is 0 Å². The molecule has 144 valence electrons. The number of hydrogen-bond donors (Lipinski definition) is 2. The summed E-state index contributed by atoms with van der Waals surface area (Å²) in [5.41, 5.74) is 4.16. The predicted molar refractivity (Wildman–Crippen MR) is 101 cm³/mol. The van der Waals surface area contributed by atoms with Crippen molar-refractivity contribution in [3.63, 3.8) is 0 Å². The number of phenolic OH excluding ortho intramolecular Hbond substituents is 1. The van der Waals surface area contributed by atoms with Gasteiger partial charge in [0.25, 0.3) is 5.91 Å². The maximum Gasteiger partial charge on any atom is 0.390 e. The number of benzene rings is 1. The summed E-state index contributed by atoms with van der Waals surface area (Å²) in [6.45, 7) is 7.12. The highest BCUT2D eigenvalue weighted by molar-refractivity contribution is 5.86. The fraction of sp³-hybridized carbons (Fsp3) is 0.353. The highest BCUT2D eigenvalue weighted by Crippen LogP contribution is 2.23. The van der Waals surface area contributed by atoms with E-state index in [1.807, 2.05) is 19.9 Å². The second-order valence-electron chi connectivity index (χ2n) is 5.77. The molecule has 27 heavy (non-hydrogen) atoms. The Kier molecular flexibility index (Phi) is 6.47. The molecule has 2 rings (SSSR count). The van der Waals surface area contributed by atoms with Crippen LogP contribution in [-0.4, -0.2) is 45.0 Å². The molecular formula is C17H22N6O4. The summed E-state index contributed by atoms with van der Waals surface area (Å²) in [4.78, 5) is 24.1. The van der Waals surface area contributed by atoms with E-state index in [1.165, 1.54) is 17.0 Å². The predicted octanol–water partition coefficient (Wildman–Crippen LogP) is 1.80. The average Bonchev–Trinajstić information content (AvgIpc) is 2.99. The van der Waals surface area contributed by atoms with Crippen LogP contribution in [-0.2, 0) is 11.3 Å². The SMILES string of the molecule is CCN(CC)c1ccc(C=NNC(=O)Cn2nc([N+](=O)[O-])cc2C)c(O)c1. The summed E-state index contributed by atoms with van der Waals surface area (Å²) in [7, 11) is 0. The van der Waals surface area contributed by atoms with Gasteiger partial charge in [-0.1, -0.05) is 0 Å². The molecule has 0 aliphatic rings. The van der Waals surface area contributed by atoms with Gasteiger partial charge in [-0.05, 0) is 37.8 Å². The Bertz CT molecular complexity index is 857. The molecule has 1 aromatic carbocycles. The van der Waals surface area contributed by atoms with Gasteiger partial charge in [-0.15, -0.1) is 0 Å². The molecule has 0 saturated heterocycles. The van der Waals surface area contributed by atoms with Crippen molar-refractivity contribution in [2.24, 2.45) is 5.10 Å². The van der Waals surface area contributed by atoms with E-state index in [0.717, 1.165) is 18.8 Å². The summed E-state index contributed by atoms with van der Waals surface area (Å²) >= 11 is 0. The number of rotatable bonds is 8. The number of aromatic nitrogens is 2. The smallest absolute Gasteiger partial charge is 0.390 e. The minimum absolute atomic E-state index is 0.0518. The molecule has 2 N–H and O–H groups in total. The zero-order valence-corrected chi connectivity index (χ0v) is 15.4. The first-order chi connectivity index (χ1) is 12.8. The minimum atomic E-state index is -0.621. The first-order valence-corrected chi connectivity index (χ1v) is 8.44. The Morgan fingerprint density at radius 1 is 1.41 bits per heavy atom. The van der Waals surface area contributed by atoms with E-state index in [0.29, 0.717) is 11.3 Å². The number of nitrogens with one attached hydrogen (secondary N) is 1. The Morgan fingerprint density at radius 2 is 2.11 bits per heavy atom. The van der Waals surface area contributed by atoms with Gasteiger partial charge in [-0.3, -0.25) is 4.79 Å². The molecule has 10 nitrogen and oxygen atoms in total. The molecule has 0 unspecified atom stereocenters. The normalized spacial score (nSPS) is 10.9. The van der Waals surface area contributed by atoms with Crippen molar-refractivity contribution >= 4 is 23.6 Å². The van der Waals surface area contributed by atoms with Crippen molar-refractivity contribution in [2.75, 3.05) is 18.0 Å². The van der Waals surface area contributed by atoms with Gasteiger partial charge < -0.3 is 20.1 Å². The first kappa shape index (κ1) is 19.9. The van der Waals surface area contributed by atoms with Gasteiger partial charge in [0.05, 0.1) is 23.1 Å². The molecule has 1 heterocycles. The molecule has 0 spiro atoms. The highest BCUT2D eigenvalue weighted by Gasteiger charge is 2.17. The third-order valence-corrected chi connectivity index (χ3v) is 3.98. The van der Waals surface area contributed by atoms with Crippen molar-refractivity contribution in [3.8, 4) is 5.75 Å². The fourth-order valence-corrected chi connectivity index (χ4v) is 2.51. The lowest BCUT2D eigenvalue weighted by Crippen LogP contribution is -2.24. The first-order valence-electron chi connectivity index (χ1n) is 8.44. The Morgan fingerprint density at radius 3 is 2.67 bits per heavy atom. The number of nitrogens with zero attached hydrogens (tertiary/aromatic N) is 5. The van der Waals surface area contributed by atoms with Crippen LogP contribution < -0.4 is 10.3 Å². The standard InChI is InChI=1S/C17H22N6O4/c1-4-21(5-2)14-7-6-13(15(24)9-14)10-18-19-17(25)11-22-12(3)8-16(20-22)23(26)27/h6-10,24H,4-5,11H2,1-3H3,(H,19,25). The largest absolute Gasteiger partial charge is 0.507 e. The molecule has 1 aromatic heterocycles. The van der Waals surface area contributed by atoms with Crippen molar-refractivity contribution in [1.29, 1.82) is 0 Å². The lowest BCUT2D eigenvalue weighted by atomic mass is 10.2. The number of hydrazone groups is 1. The number of amides is 1. The van der Waals surface area contributed by atoms with E-state index in [4.69, 9.17) is 0 Å².